The highest BCUT2D eigenvalue weighted by Crippen LogP contribution is 2.64. The summed E-state index contributed by atoms with van der Waals surface area (Å²) in [6, 6.07) is 69.5. The van der Waals surface area contributed by atoms with E-state index >= 15 is 0 Å². The quantitative estimate of drug-likeness (QED) is 0.170. The molecular weight excluding hydrogens is 645 g/mol. The Bertz CT molecular complexity index is 2730. The molecule has 248 valence electrons. The SMILES string of the molecule is c1ccc(-c2cc(-c3cccc(N4c5ccccc5N(c5ccccc5)C45c4cccc6ccc7cccc5c7c46)c3)nc(-c3ccccc3)n2)cc1. The number of aromatic nitrogens is 2. The van der Waals surface area contributed by atoms with Gasteiger partial charge in [0, 0.05) is 39.2 Å². The predicted molar refractivity (Wildman–Crippen MR) is 218 cm³/mol. The van der Waals surface area contributed by atoms with Gasteiger partial charge in [0.1, 0.15) is 0 Å². The van der Waals surface area contributed by atoms with Crippen LogP contribution < -0.4 is 9.80 Å². The Kier molecular flexibility index (Phi) is 6.43. The highest BCUT2D eigenvalue weighted by atomic mass is 15.5. The van der Waals surface area contributed by atoms with Gasteiger partial charge in [-0.1, -0.05) is 152 Å². The molecule has 2 aliphatic rings. The van der Waals surface area contributed by atoms with E-state index < -0.39 is 5.66 Å². The van der Waals surface area contributed by atoms with Crippen molar-refractivity contribution < 1.29 is 0 Å². The molecule has 0 N–H and O–H groups in total. The predicted octanol–water partition coefficient (Wildman–Crippen LogP) is 12.3. The monoisotopic (exact) mass is 676 g/mol. The second kappa shape index (κ2) is 11.5. The number of nitrogens with zero attached hydrogens (tertiary/aromatic N) is 4. The molecule has 1 spiro atoms. The molecule has 2 heterocycles. The molecule has 4 nitrogen and oxygen atoms in total. The van der Waals surface area contributed by atoms with Crippen molar-refractivity contribution in [2.75, 3.05) is 9.80 Å². The molecule has 0 radical (unpaired) electrons. The van der Waals surface area contributed by atoms with Crippen LogP contribution in [0.3, 0.4) is 0 Å². The average Bonchev–Trinajstić information content (AvgIpc) is 3.71. The molecule has 0 unspecified atom stereocenters. The van der Waals surface area contributed by atoms with Crippen LogP contribution in [0.25, 0.3) is 55.4 Å². The number of fused-ring (bicyclic) bond motifs is 3. The van der Waals surface area contributed by atoms with Gasteiger partial charge in [-0.25, -0.2) is 9.97 Å². The Morgan fingerprint density at radius 1 is 0.358 bits per heavy atom. The van der Waals surface area contributed by atoms with Gasteiger partial charge in [0.25, 0.3) is 0 Å². The minimum absolute atomic E-state index is 0.704. The van der Waals surface area contributed by atoms with Crippen molar-refractivity contribution in [2.45, 2.75) is 5.66 Å². The van der Waals surface area contributed by atoms with E-state index in [1.165, 1.54) is 32.7 Å². The first-order valence-electron chi connectivity index (χ1n) is 18.1. The Morgan fingerprint density at radius 2 is 0.830 bits per heavy atom. The Balaban J connectivity index is 1.19. The average molecular weight is 677 g/mol. The Labute approximate surface area is 307 Å². The number of para-hydroxylation sites is 3. The van der Waals surface area contributed by atoms with Crippen LogP contribution in [0.4, 0.5) is 22.7 Å². The van der Waals surface area contributed by atoms with E-state index in [1.807, 2.05) is 24.3 Å². The van der Waals surface area contributed by atoms with E-state index in [0.717, 1.165) is 50.8 Å². The van der Waals surface area contributed by atoms with E-state index in [2.05, 4.69) is 180 Å². The van der Waals surface area contributed by atoms with Gasteiger partial charge in [-0.05, 0) is 64.0 Å². The first kappa shape index (κ1) is 29.7. The normalized spacial score (nSPS) is 13.7. The largest absolute Gasteiger partial charge is 0.308 e. The first-order chi connectivity index (χ1) is 26.3. The third-order valence-corrected chi connectivity index (χ3v) is 10.9. The van der Waals surface area contributed by atoms with Crippen molar-refractivity contribution in [1.82, 2.24) is 9.97 Å². The summed E-state index contributed by atoms with van der Waals surface area (Å²) in [4.78, 5) is 15.4. The molecule has 0 atom stereocenters. The van der Waals surface area contributed by atoms with Crippen LogP contribution in [-0.2, 0) is 5.66 Å². The van der Waals surface area contributed by atoms with E-state index in [0.29, 0.717) is 5.82 Å². The molecule has 8 aromatic carbocycles. The maximum absolute atomic E-state index is 5.22. The fourth-order valence-electron chi connectivity index (χ4n) is 8.76. The van der Waals surface area contributed by atoms with Crippen molar-refractivity contribution >= 4 is 44.3 Å². The molecule has 1 aliphatic carbocycles. The fourth-order valence-corrected chi connectivity index (χ4v) is 8.76. The van der Waals surface area contributed by atoms with E-state index in [-0.39, 0.29) is 0 Å². The van der Waals surface area contributed by atoms with Crippen molar-refractivity contribution in [1.29, 1.82) is 0 Å². The summed E-state index contributed by atoms with van der Waals surface area (Å²) in [6.45, 7) is 0. The van der Waals surface area contributed by atoms with Gasteiger partial charge in [0.05, 0.1) is 22.8 Å². The third kappa shape index (κ3) is 4.30. The summed E-state index contributed by atoms with van der Waals surface area (Å²) >= 11 is 0. The van der Waals surface area contributed by atoms with Gasteiger partial charge in [0.2, 0.25) is 0 Å². The minimum atomic E-state index is -0.706. The maximum atomic E-state index is 5.22. The summed E-state index contributed by atoms with van der Waals surface area (Å²) in [5.74, 6) is 0.704. The number of hydrogen-bond acceptors (Lipinski definition) is 4. The molecule has 9 aromatic rings. The van der Waals surface area contributed by atoms with Gasteiger partial charge in [-0.2, -0.15) is 0 Å². The standard InChI is InChI=1S/C49H32N4/c1-4-15-33(16-5-1)42-32-43(51-48(50-42)36-17-6-2-7-18-36)37-21-12-24-39(31-37)53-45-28-11-10-27-44(45)52(38-22-8-3-9-23-38)49(53)40-25-13-19-34-29-30-35-20-14-26-41(49)47(35)46(34)40/h1-32H. The fraction of sp³-hybridized carbons (Fsp3) is 0.0204. The van der Waals surface area contributed by atoms with Gasteiger partial charge < -0.3 is 9.80 Å². The lowest BCUT2D eigenvalue weighted by Gasteiger charge is -2.45. The highest BCUT2D eigenvalue weighted by molar-refractivity contribution is 6.17. The van der Waals surface area contributed by atoms with Crippen molar-refractivity contribution in [3.63, 3.8) is 0 Å². The lowest BCUT2D eigenvalue weighted by atomic mass is 9.91. The maximum Gasteiger partial charge on any atom is 0.176 e. The van der Waals surface area contributed by atoms with Crippen LogP contribution in [0.1, 0.15) is 11.1 Å². The number of benzene rings is 8. The van der Waals surface area contributed by atoms with Crippen LogP contribution in [0.5, 0.6) is 0 Å². The topological polar surface area (TPSA) is 32.3 Å². The lowest BCUT2D eigenvalue weighted by molar-refractivity contribution is 0.576. The van der Waals surface area contributed by atoms with Gasteiger partial charge >= 0.3 is 0 Å². The molecule has 0 bridgehead atoms. The van der Waals surface area contributed by atoms with E-state index in [9.17, 15) is 0 Å². The van der Waals surface area contributed by atoms with Gasteiger partial charge in [-0.3, -0.25) is 0 Å². The van der Waals surface area contributed by atoms with Crippen molar-refractivity contribution in [3.05, 3.63) is 205 Å². The van der Waals surface area contributed by atoms with Crippen LogP contribution >= 0.6 is 0 Å². The van der Waals surface area contributed by atoms with Crippen LogP contribution in [0.2, 0.25) is 0 Å². The van der Waals surface area contributed by atoms with Gasteiger partial charge in [-0.15, -0.1) is 0 Å². The second-order valence-corrected chi connectivity index (χ2v) is 13.8. The number of anilines is 4. The molecule has 1 aliphatic heterocycles. The van der Waals surface area contributed by atoms with E-state index in [4.69, 9.17) is 9.97 Å². The molecule has 0 saturated heterocycles. The van der Waals surface area contributed by atoms with Gasteiger partial charge in [0.15, 0.2) is 11.5 Å². The zero-order valence-electron chi connectivity index (χ0n) is 28.8. The summed E-state index contributed by atoms with van der Waals surface area (Å²) < 4.78 is 0. The second-order valence-electron chi connectivity index (χ2n) is 13.8. The summed E-state index contributed by atoms with van der Waals surface area (Å²) in [5, 5.41) is 5.12. The summed E-state index contributed by atoms with van der Waals surface area (Å²) in [6.07, 6.45) is 0. The molecular formula is C49H32N4. The summed E-state index contributed by atoms with van der Waals surface area (Å²) in [7, 11) is 0. The first-order valence-corrected chi connectivity index (χ1v) is 18.1. The molecule has 11 rings (SSSR count). The minimum Gasteiger partial charge on any atom is -0.308 e. The zero-order valence-corrected chi connectivity index (χ0v) is 28.8. The van der Waals surface area contributed by atoms with E-state index in [1.54, 1.807) is 0 Å². The zero-order chi connectivity index (χ0) is 34.9. The van der Waals surface area contributed by atoms with Crippen LogP contribution in [-0.4, -0.2) is 9.97 Å². The van der Waals surface area contributed by atoms with Crippen LogP contribution in [0.15, 0.2) is 194 Å². The molecule has 0 amide bonds. The van der Waals surface area contributed by atoms with Crippen LogP contribution in [0, 0.1) is 0 Å². The summed E-state index contributed by atoms with van der Waals surface area (Å²) in [5.41, 5.74) is 11.2. The Hall–Kier alpha value is -7.04. The molecule has 1 aromatic heterocycles. The third-order valence-electron chi connectivity index (χ3n) is 10.9. The Morgan fingerprint density at radius 3 is 1.45 bits per heavy atom. The molecule has 53 heavy (non-hydrogen) atoms. The lowest BCUT2D eigenvalue weighted by Crippen LogP contribution is -2.50. The smallest absolute Gasteiger partial charge is 0.176 e. The molecule has 0 fully saturated rings. The highest BCUT2D eigenvalue weighted by Gasteiger charge is 2.57. The molecule has 0 saturated carbocycles. The van der Waals surface area contributed by atoms with Crippen molar-refractivity contribution in [3.8, 4) is 33.9 Å². The number of hydrogen-bond donors (Lipinski definition) is 0. The number of rotatable bonds is 5. The van der Waals surface area contributed by atoms with Crippen molar-refractivity contribution in [2.24, 2.45) is 0 Å². The molecule has 4 heteroatoms.